The Kier molecular flexibility index (Phi) is 10.4. The van der Waals surface area contributed by atoms with Crippen LogP contribution in [-0.2, 0) is 9.53 Å². The van der Waals surface area contributed by atoms with Gasteiger partial charge in [0.05, 0.1) is 0 Å². The standard InChI is InChI=1S/C17H31N3O2S.HI/c1-17(10-6-12-23-17)13-20-16(18-2)19-11-5-9-15(21)22-14-7-3-4-8-14;/h14H,3-13H2,1-2H3,(H2,18,19,20);1H. The molecule has 0 aromatic carbocycles. The number of thioether (sulfide) groups is 1. The van der Waals surface area contributed by atoms with Crippen LogP contribution in [0.15, 0.2) is 4.99 Å². The minimum absolute atomic E-state index is 0. The van der Waals surface area contributed by atoms with E-state index in [2.05, 4.69) is 22.5 Å². The van der Waals surface area contributed by atoms with E-state index in [9.17, 15) is 4.79 Å². The van der Waals surface area contributed by atoms with Gasteiger partial charge in [0.2, 0.25) is 0 Å². The Hall–Kier alpha value is -0.180. The normalized spacial score (nSPS) is 24.5. The number of aliphatic imine (C=N–C) groups is 1. The van der Waals surface area contributed by atoms with Gasteiger partial charge in [-0.25, -0.2) is 0 Å². The van der Waals surface area contributed by atoms with Crippen LogP contribution in [0.2, 0.25) is 0 Å². The Morgan fingerprint density at radius 3 is 2.67 bits per heavy atom. The zero-order chi connectivity index (χ0) is 16.5. The van der Waals surface area contributed by atoms with E-state index >= 15 is 0 Å². The first-order chi connectivity index (χ1) is 11.1. The molecule has 0 bridgehead atoms. The van der Waals surface area contributed by atoms with Gasteiger partial charge in [-0.15, -0.1) is 24.0 Å². The SMILES string of the molecule is CN=C(NCCCC(=O)OC1CCCC1)NCC1(C)CCCS1.I. The number of nitrogens with zero attached hydrogens (tertiary/aromatic N) is 1. The quantitative estimate of drug-likeness (QED) is 0.197. The second kappa shape index (κ2) is 11.4. The molecule has 1 aliphatic carbocycles. The summed E-state index contributed by atoms with van der Waals surface area (Å²) in [6.45, 7) is 3.98. The molecule has 0 aromatic rings. The van der Waals surface area contributed by atoms with E-state index in [1.165, 1.54) is 31.4 Å². The van der Waals surface area contributed by atoms with Crippen molar-refractivity contribution in [1.29, 1.82) is 0 Å². The van der Waals surface area contributed by atoms with Crippen LogP contribution in [0.1, 0.15) is 58.3 Å². The van der Waals surface area contributed by atoms with Gasteiger partial charge >= 0.3 is 5.97 Å². The van der Waals surface area contributed by atoms with Crippen LogP contribution in [-0.4, -0.2) is 48.7 Å². The van der Waals surface area contributed by atoms with E-state index in [1.807, 2.05) is 11.8 Å². The van der Waals surface area contributed by atoms with Crippen LogP contribution in [0.3, 0.4) is 0 Å². The third-order valence-corrected chi connectivity index (χ3v) is 6.14. The predicted molar refractivity (Wildman–Crippen MR) is 112 cm³/mol. The number of hydrogen-bond acceptors (Lipinski definition) is 4. The summed E-state index contributed by atoms with van der Waals surface area (Å²) in [4.78, 5) is 16.0. The van der Waals surface area contributed by atoms with Crippen LogP contribution >= 0.6 is 35.7 Å². The van der Waals surface area contributed by atoms with Crippen LogP contribution in [0.5, 0.6) is 0 Å². The molecular formula is C17H32IN3O2S. The fourth-order valence-electron chi connectivity index (χ4n) is 3.16. The van der Waals surface area contributed by atoms with Gasteiger partial charge in [-0.2, -0.15) is 11.8 Å². The van der Waals surface area contributed by atoms with Gasteiger partial charge in [-0.3, -0.25) is 9.79 Å². The average molecular weight is 469 g/mol. The first-order valence-electron chi connectivity index (χ1n) is 8.89. The molecule has 5 nitrogen and oxygen atoms in total. The van der Waals surface area contributed by atoms with Gasteiger partial charge in [0, 0.05) is 31.3 Å². The van der Waals surface area contributed by atoms with Crippen molar-refractivity contribution in [2.45, 2.75) is 69.1 Å². The number of esters is 1. The summed E-state index contributed by atoms with van der Waals surface area (Å²) in [7, 11) is 1.79. The van der Waals surface area contributed by atoms with Gasteiger partial charge < -0.3 is 15.4 Å². The molecule has 2 N–H and O–H groups in total. The third kappa shape index (κ3) is 7.80. The lowest BCUT2D eigenvalue weighted by Crippen LogP contribution is -2.43. The largest absolute Gasteiger partial charge is 0.462 e. The lowest BCUT2D eigenvalue weighted by Gasteiger charge is -2.24. The molecule has 1 saturated carbocycles. The van der Waals surface area contributed by atoms with Crippen molar-refractivity contribution in [3.8, 4) is 0 Å². The van der Waals surface area contributed by atoms with Gasteiger partial charge in [-0.05, 0) is 57.6 Å². The number of hydrogen-bond donors (Lipinski definition) is 2. The van der Waals surface area contributed by atoms with Gasteiger partial charge in [0.15, 0.2) is 5.96 Å². The summed E-state index contributed by atoms with van der Waals surface area (Å²) in [6, 6.07) is 0. The molecule has 0 amide bonds. The molecule has 0 aromatic heterocycles. The Bertz CT molecular complexity index is 409. The molecule has 2 aliphatic rings. The van der Waals surface area contributed by atoms with Gasteiger partial charge in [0.25, 0.3) is 0 Å². The van der Waals surface area contributed by atoms with Crippen molar-refractivity contribution in [3.05, 3.63) is 0 Å². The van der Waals surface area contributed by atoms with E-state index < -0.39 is 0 Å². The number of carbonyl (C=O) groups excluding carboxylic acids is 1. The fourth-order valence-corrected chi connectivity index (χ4v) is 4.40. The number of ether oxygens (including phenoxy) is 1. The average Bonchev–Trinajstić information content (AvgIpc) is 3.19. The Morgan fingerprint density at radius 2 is 2.04 bits per heavy atom. The molecule has 1 saturated heterocycles. The Morgan fingerprint density at radius 1 is 1.29 bits per heavy atom. The van der Waals surface area contributed by atoms with Crippen LogP contribution in [0.4, 0.5) is 0 Å². The zero-order valence-corrected chi connectivity index (χ0v) is 18.1. The molecule has 7 heteroatoms. The minimum Gasteiger partial charge on any atom is -0.462 e. The fraction of sp³-hybridized carbons (Fsp3) is 0.882. The highest BCUT2D eigenvalue weighted by atomic mass is 127. The Balaban J connectivity index is 0.00000288. The highest BCUT2D eigenvalue weighted by molar-refractivity contribution is 14.0. The maximum atomic E-state index is 11.8. The van der Waals surface area contributed by atoms with Crippen molar-refractivity contribution in [2.24, 2.45) is 4.99 Å². The molecule has 2 fully saturated rings. The lowest BCUT2D eigenvalue weighted by atomic mass is 10.1. The second-order valence-corrected chi connectivity index (χ2v) is 8.44. The van der Waals surface area contributed by atoms with E-state index in [1.54, 1.807) is 7.05 Å². The number of rotatable bonds is 7. The number of nitrogens with one attached hydrogen (secondary N) is 2. The summed E-state index contributed by atoms with van der Waals surface area (Å²) >= 11 is 2.04. The highest BCUT2D eigenvalue weighted by Gasteiger charge is 2.29. The lowest BCUT2D eigenvalue weighted by molar-refractivity contribution is -0.148. The molecule has 1 aliphatic heterocycles. The summed E-state index contributed by atoms with van der Waals surface area (Å²) in [6.07, 6.45) is 8.46. The van der Waals surface area contributed by atoms with Gasteiger partial charge in [-0.1, -0.05) is 0 Å². The third-order valence-electron chi connectivity index (χ3n) is 4.60. The molecule has 1 heterocycles. The van der Waals surface area contributed by atoms with Crippen LogP contribution in [0.25, 0.3) is 0 Å². The molecule has 2 rings (SSSR count). The molecule has 24 heavy (non-hydrogen) atoms. The molecule has 0 spiro atoms. The first-order valence-corrected chi connectivity index (χ1v) is 9.88. The maximum absolute atomic E-state index is 11.8. The number of carbonyl (C=O) groups is 1. The maximum Gasteiger partial charge on any atom is 0.306 e. The van der Waals surface area contributed by atoms with Crippen molar-refractivity contribution in [1.82, 2.24) is 10.6 Å². The smallest absolute Gasteiger partial charge is 0.306 e. The van der Waals surface area contributed by atoms with Crippen molar-refractivity contribution in [3.63, 3.8) is 0 Å². The zero-order valence-electron chi connectivity index (χ0n) is 14.9. The summed E-state index contributed by atoms with van der Waals surface area (Å²) in [5.74, 6) is 2.02. The van der Waals surface area contributed by atoms with Gasteiger partial charge in [0.1, 0.15) is 6.10 Å². The molecular weight excluding hydrogens is 437 g/mol. The monoisotopic (exact) mass is 469 g/mol. The molecule has 140 valence electrons. The molecule has 1 atom stereocenters. The van der Waals surface area contributed by atoms with E-state index in [0.717, 1.165) is 38.3 Å². The van der Waals surface area contributed by atoms with E-state index in [0.29, 0.717) is 11.2 Å². The molecule has 0 radical (unpaired) electrons. The number of guanidine groups is 1. The van der Waals surface area contributed by atoms with Crippen molar-refractivity contribution in [2.75, 3.05) is 25.9 Å². The number of halogens is 1. The van der Waals surface area contributed by atoms with E-state index in [-0.39, 0.29) is 36.0 Å². The second-order valence-electron chi connectivity index (χ2n) is 6.75. The highest BCUT2D eigenvalue weighted by Crippen LogP contribution is 2.36. The summed E-state index contributed by atoms with van der Waals surface area (Å²) in [5, 5.41) is 6.68. The predicted octanol–water partition coefficient (Wildman–Crippen LogP) is 3.32. The van der Waals surface area contributed by atoms with Crippen LogP contribution < -0.4 is 10.6 Å². The molecule has 1 unspecified atom stereocenters. The summed E-state index contributed by atoms with van der Waals surface area (Å²) in [5.41, 5.74) is 0. The first kappa shape index (κ1) is 21.9. The summed E-state index contributed by atoms with van der Waals surface area (Å²) < 4.78 is 5.78. The minimum atomic E-state index is -0.0588. The van der Waals surface area contributed by atoms with Crippen LogP contribution in [0, 0.1) is 0 Å². The van der Waals surface area contributed by atoms with Crippen molar-refractivity contribution >= 4 is 47.7 Å². The van der Waals surface area contributed by atoms with E-state index in [4.69, 9.17) is 4.74 Å². The topological polar surface area (TPSA) is 62.7 Å². The van der Waals surface area contributed by atoms with Crippen molar-refractivity contribution < 1.29 is 9.53 Å². The Labute approximate surface area is 167 Å².